The molecule has 5 nitrogen and oxygen atoms in total. The third-order valence-electron chi connectivity index (χ3n) is 3.00. The fourth-order valence-electron chi connectivity index (χ4n) is 1.98. The number of nitrogens with one attached hydrogen (secondary N) is 1. The Kier molecular flexibility index (Phi) is 2.94. The summed E-state index contributed by atoms with van der Waals surface area (Å²) in [5.41, 5.74) is 8.22. The summed E-state index contributed by atoms with van der Waals surface area (Å²) in [6.45, 7) is 0. The van der Waals surface area contributed by atoms with Crippen LogP contribution >= 0.6 is 0 Å². The highest BCUT2D eigenvalue weighted by Gasteiger charge is 2.19. The smallest absolute Gasteiger partial charge is 0.226 e. The number of hydrogen-bond acceptors (Lipinski definition) is 4. The summed E-state index contributed by atoms with van der Waals surface area (Å²) in [6, 6.07) is 14.0. The standard InChI is InChI=1S/C14H13N3O2S/c15-11-7-5-10(6-8-11)9-20(18,19)14-16-12-3-1-2-4-13(12)17-14/h1-8H,9,15H2,(H,16,17). The maximum atomic E-state index is 12.3. The number of H-pyrrole nitrogens is 1. The van der Waals surface area contributed by atoms with E-state index in [0.717, 1.165) is 0 Å². The van der Waals surface area contributed by atoms with Crippen molar-refractivity contribution in [2.45, 2.75) is 10.9 Å². The lowest BCUT2D eigenvalue weighted by Crippen LogP contribution is -2.07. The minimum Gasteiger partial charge on any atom is -0.399 e. The van der Waals surface area contributed by atoms with E-state index < -0.39 is 9.84 Å². The molecular formula is C14H13N3O2S. The van der Waals surface area contributed by atoms with Crippen LogP contribution in [0.5, 0.6) is 0 Å². The summed E-state index contributed by atoms with van der Waals surface area (Å²) in [7, 11) is -3.50. The van der Waals surface area contributed by atoms with Crippen molar-refractivity contribution in [3.05, 3.63) is 54.1 Å². The number of aromatic amines is 1. The molecule has 2 aromatic carbocycles. The maximum absolute atomic E-state index is 12.3. The second-order valence-electron chi connectivity index (χ2n) is 4.56. The van der Waals surface area contributed by atoms with Crippen LogP contribution in [-0.2, 0) is 15.6 Å². The van der Waals surface area contributed by atoms with Crippen molar-refractivity contribution in [1.29, 1.82) is 0 Å². The highest BCUT2D eigenvalue weighted by molar-refractivity contribution is 7.90. The second kappa shape index (κ2) is 4.64. The molecule has 3 aromatic rings. The lowest BCUT2D eigenvalue weighted by molar-refractivity contribution is 0.588. The van der Waals surface area contributed by atoms with Gasteiger partial charge in [-0.25, -0.2) is 13.4 Å². The summed E-state index contributed by atoms with van der Waals surface area (Å²) >= 11 is 0. The number of imidazole rings is 1. The molecule has 0 unspecified atom stereocenters. The minimum atomic E-state index is -3.50. The number of rotatable bonds is 3. The molecule has 1 heterocycles. The molecule has 20 heavy (non-hydrogen) atoms. The van der Waals surface area contributed by atoms with Crippen molar-refractivity contribution in [3.8, 4) is 0 Å². The first-order chi connectivity index (χ1) is 9.54. The molecule has 0 radical (unpaired) electrons. The van der Waals surface area contributed by atoms with Gasteiger partial charge in [0.15, 0.2) is 0 Å². The van der Waals surface area contributed by atoms with Gasteiger partial charge in [0.25, 0.3) is 0 Å². The minimum absolute atomic E-state index is 0.00414. The lowest BCUT2D eigenvalue weighted by Gasteiger charge is -2.02. The molecule has 0 saturated heterocycles. The van der Waals surface area contributed by atoms with Gasteiger partial charge in [0.05, 0.1) is 16.8 Å². The molecule has 0 atom stereocenters. The zero-order valence-electron chi connectivity index (χ0n) is 10.6. The van der Waals surface area contributed by atoms with E-state index in [1.807, 2.05) is 12.1 Å². The summed E-state index contributed by atoms with van der Waals surface area (Å²) in [4.78, 5) is 6.97. The van der Waals surface area contributed by atoms with Gasteiger partial charge >= 0.3 is 0 Å². The molecular weight excluding hydrogens is 274 g/mol. The van der Waals surface area contributed by atoms with E-state index in [4.69, 9.17) is 5.73 Å². The first kappa shape index (κ1) is 12.7. The molecule has 0 saturated carbocycles. The monoisotopic (exact) mass is 287 g/mol. The van der Waals surface area contributed by atoms with Gasteiger partial charge in [-0.15, -0.1) is 0 Å². The topological polar surface area (TPSA) is 88.8 Å². The largest absolute Gasteiger partial charge is 0.399 e. The van der Waals surface area contributed by atoms with Gasteiger partial charge in [-0.1, -0.05) is 24.3 Å². The number of fused-ring (bicyclic) bond motifs is 1. The number of anilines is 1. The molecule has 0 aliphatic heterocycles. The van der Waals surface area contributed by atoms with Crippen LogP contribution in [0.2, 0.25) is 0 Å². The first-order valence-electron chi connectivity index (χ1n) is 6.06. The van der Waals surface area contributed by atoms with Crippen LogP contribution in [0.25, 0.3) is 11.0 Å². The molecule has 0 bridgehead atoms. The van der Waals surface area contributed by atoms with Crippen molar-refractivity contribution in [1.82, 2.24) is 9.97 Å². The van der Waals surface area contributed by atoms with Crippen molar-refractivity contribution < 1.29 is 8.42 Å². The molecule has 0 amide bonds. The third-order valence-corrected chi connectivity index (χ3v) is 4.49. The van der Waals surface area contributed by atoms with E-state index in [0.29, 0.717) is 22.3 Å². The zero-order valence-corrected chi connectivity index (χ0v) is 11.4. The van der Waals surface area contributed by atoms with E-state index in [2.05, 4.69) is 9.97 Å². The number of para-hydroxylation sites is 2. The average Bonchev–Trinajstić information content (AvgIpc) is 2.86. The van der Waals surface area contributed by atoms with Crippen LogP contribution in [0.4, 0.5) is 5.69 Å². The number of hydrogen-bond donors (Lipinski definition) is 2. The van der Waals surface area contributed by atoms with E-state index in [9.17, 15) is 8.42 Å². The van der Waals surface area contributed by atoms with Crippen LogP contribution in [0.1, 0.15) is 5.56 Å². The molecule has 3 rings (SSSR count). The molecule has 0 aliphatic carbocycles. The maximum Gasteiger partial charge on any atom is 0.226 e. The Labute approximate surface area is 116 Å². The highest BCUT2D eigenvalue weighted by Crippen LogP contribution is 2.18. The molecule has 3 N–H and O–H groups in total. The van der Waals surface area contributed by atoms with Crippen LogP contribution < -0.4 is 5.73 Å². The first-order valence-corrected chi connectivity index (χ1v) is 7.72. The van der Waals surface area contributed by atoms with Gasteiger partial charge < -0.3 is 10.7 Å². The van der Waals surface area contributed by atoms with Gasteiger partial charge in [-0.2, -0.15) is 0 Å². The Balaban J connectivity index is 1.96. The van der Waals surface area contributed by atoms with E-state index in [1.165, 1.54) is 0 Å². The zero-order chi connectivity index (χ0) is 14.2. The Morgan fingerprint density at radius 3 is 2.45 bits per heavy atom. The second-order valence-corrected chi connectivity index (χ2v) is 6.46. The summed E-state index contributed by atoms with van der Waals surface area (Å²) in [6.07, 6.45) is 0. The quantitative estimate of drug-likeness (QED) is 0.722. The van der Waals surface area contributed by atoms with Gasteiger partial charge in [0.2, 0.25) is 15.0 Å². The Morgan fingerprint density at radius 1 is 1.05 bits per heavy atom. The number of sulfone groups is 1. The Hall–Kier alpha value is -2.34. The Morgan fingerprint density at radius 2 is 1.75 bits per heavy atom. The normalized spacial score (nSPS) is 11.8. The van der Waals surface area contributed by atoms with Crippen molar-refractivity contribution in [3.63, 3.8) is 0 Å². The summed E-state index contributed by atoms with van der Waals surface area (Å²) in [5.74, 6) is -0.104. The summed E-state index contributed by atoms with van der Waals surface area (Å²) in [5, 5.41) is -0.00414. The van der Waals surface area contributed by atoms with Gasteiger partial charge in [-0.3, -0.25) is 0 Å². The van der Waals surface area contributed by atoms with Crippen molar-refractivity contribution in [2.24, 2.45) is 0 Å². The lowest BCUT2D eigenvalue weighted by atomic mass is 10.2. The van der Waals surface area contributed by atoms with Crippen molar-refractivity contribution >= 4 is 26.6 Å². The molecule has 1 aromatic heterocycles. The predicted octanol–water partition coefficient (Wildman–Crippen LogP) is 2.12. The SMILES string of the molecule is Nc1ccc(CS(=O)(=O)c2nc3ccccc3[nH]2)cc1. The third kappa shape index (κ3) is 2.37. The molecule has 0 spiro atoms. The van der Waals surface area contributed by atoms with Gasteiger partial charge in [-0.05, 0) is 29.8 Å². The predicted molar refractivity (Wildman–Crippen MR) is 77.8 cm³/mol. The molecule has 0 fully saturated rings. The van der Waals surface area contributed by atoms with Crippen LogP contribution in [0.3, 0.4) is 0 Å². The number of benzene rings is 2. The summed E-state index contributed by atoms with van der Waals surface area (Å²) < 4.78 is 24.7. The number of nitrogens with zero attached hydrogens (tertiary/aromatic N) is 1. The number of nitrogen functional groups attached to an aromatic ring is 1. The van der Waals surface area contributed by atoms with Crippen molar-refractivity contribution in [2.75, 3.05) is 5.73 Å². The Bertz CT molecular complexity index is 819. The molecule has 0 aliphatic rings. The number of aromatic nitrogens is 2. The van der Waals surface area contributed by atoms with E-state index >= 15 is 0 Å². The van der Waals surface area contributed by atoms with Crippen LogP contribution in [0, 0.1) is 0 Å². The van der Waals surface area contributed by atoms with Gasteiger partial charge in [0.1, 0.15) is 0 Å². The van der Waals surface area contributed by atoms with Crippen LogP contribution in [0.15, 0.2) is 53.7 Å². The van der Waals surface area contributed by atoms with E-state index in [-0.39, 0.29) is 10.9 Å². The highest BCUT2D eigenvalue weighted by atomic mass is 32.2. The van der Waals surface area contributed by atoms with Crippen LogP contribution in [-0.4, -0.2) is 18.4 Å². The average molecular weight is 287 g/mol. The fourth-order valence-corrected chi connectivity index (χ4v) is 3.25. The fraction of sp³-hybridized carbons (Fsp3) is 0.0714. The molecule has 102 valence electrons. The molecule has 6 heteroatoms. The number of nitrogens with two attached hydrogens (primary N) is 1. The van der Waals surface area contributed by atoms with Gasteiger partial charge in [0, 0.05) is 5.69 Å². The van der Waals surface area contributed by atoms with E-state index in [1.54, 1.807) is 36.4 Å².